The van der Waals surface area contributed by atoms with Crippen LogP contribution in [0.2, 0.25) is 0 Å². The monoisotopic (exact) mass is 342 g/mol. The van der Waals surface area contributed by atoms with Crippen molar-refractivity contribution in [1.29, 1.82) is 0 Å². The minimum atomic E-state index is -0.115. The second-order valence-corrected chi connectivity index (χ2v) is 5.59. The number of hydrogen-bond donors (Lipinski definition) is 2. The van der Waals surface area contributed by atoms with E-state index in [1.165, 1.54) is 0 Å². The van der Waals surface area contributed by atoms with E-state index in [0.29, 0.717) is 13.1 Å². The second kappa shape index (κ2) is 8.97. The van der Waals surface area contributed by atoms with E-state index in [2.05, 4.69) is 21.2 Å². The van der Waals surface area contributed by atoms with Crippen molar-refractivity contribution in [2.24, 2.45) is 0 Å². The summed E-state index contributed by atoms with van der Waals surface area (Å²) in [5.41, 5.74) is 1.09. The molecule has 0 aromatic heterocycles. The summed E-state index contributed by atoms with van der Waals surface area (Å²) in [5.74, 6) is 0. The van der Waals surface area contributed by atoms with Crippen molar-refractivity contribution in [3.8, 4) is 0 Å². The Bertz CT molecular complexity index is 403. The number of amides is 2. The lowest BCUT2D eigenvalue weighted by Crippen LogP contribution is -2.43. The van der Waals surface area contributed by atoms with E-state index in [9.17, 15) is 4.79 Å². The number of aliphatic hydroxyl groups is 1. The predicted octanol–water partition coefficient (Wildman–Crippen LogP) is 3.31. The third-order valence-electron chi connectivity index (χ3n) is 3.13. The molecule has 0 aliphatic carbocycles. The molecule has 4 nitrogen and oxygen atoms in total. The molecule has 5 heteroatoms. The highest BCUT2D eigenvalue weighted by Gasteiger charge is 2.17. The molecule has 0 spiro atoms. The van der Waals surface area contributed by atoms with Crippen LogP contribution in [0.1, 0.15) is 38.3 Å². The fourth-order valence-corrected chi connectivity index (χ4v) is 2.33. The summed E-state index contributed by atoms with van der Waals surface area (Å²) in [6.07, 6.45) is 1.70. The highest BCUT2D eigenvalue weighted by Crippen LogP contribution is 2.19. The van der Waals surface area contributed by atoms with E-state index >= 15 is 0 Å². The van der Waals surface area contributed by atoms with Crippen LogP contribution in [0.3, 0.4) is 0 Å². The summed E-state index contributed by atoms with van der Waals surface area (Å²) in [5, 5.41) is 12.1. The fraction of sp³-hybridized carbons (Fsp3) is 0.533. The van der Waals surface area contributed by atoms with Gasteiger partial charge in [-0.15, -0.1) is 0 Å². The van der Waals surface area contributed by atoms with Gasteiger partial charge in [0.25, 0.3) is 0 Å². The zero-order valence-corrected chi connectivity index (χ0v) is 13.7. The third kappa shape index (κ3) is 5.13. The Kier molecular flexibility index (Phi) is 7.62. The molecule has 112 valence electrons. The summed E-state index contributed by atoms with van der Waals surface area (Å²) in [6.45, 7) is 5.08. The summed E-state index contributed by atoms with van der Waals surface area (Å²) >= 11 is 3.41. The number of nitrogens with one attached hydrogen (secondary N) is 1. The first kappa shape index (κ1) is 17.0. The lowest BCUT2D eigenvalue weighted by Gasteiger charge is -2.25. The Morgan fingerprint density at radius 2 is 1.95 bits per heavy atom. The normalized spacial score (nSPS) is 12.0. The molecular weight excluding hydrogens is 320 g/mol. The molecule has 1 unspecified atom stereocenters. The number of carbonyl (C=O) groups is 1. The van der Waals surface area contributed by atoms with Gasteiger partial charge in [0.2, 0.25) is 0 Å². The molecule has 0 aliphatic heterocycles. The van der Waals surface area contributed by atoms with Gasteiger partial charge in [0.15, 0.2) is 0 Å². The number of hydrogen-bond acceptors (Lipinski definition) is 2. The quantitative estimate of drug-likeness (QED) is 0.798. The van der Waals surface area contributed by atoms with Crippen molar-refractivity contribution in [3.05, 3.63) is 34.3 Å². The Balaban J connectivity index is 2.71. The molecular formula is C15H23BrN2O2. The highest BCUT2D eigenvalue weighted by atomic mass is 79.9. The van der Waals surface area contributed by atoms with E-state index in [-0.39, 0.29) is 18.7 Å². The van der Waals surface area contributed by atoms with Crippen LogP contribution >= 0.6 is 15.9 Å². The van der Waals surface area contributed by atoms with Crippen molar-refractivity contribution in [2.75, 3.05) is 19.7 Å². The van der Waals surface area contributed by atoms with Gasteiger partial charge in [-0.05, 0) is 30.5 Å². The number of urea groups is 1. The molecule has 1 aromatic rings. The van der Waals surface area contributed by atoms with Gasteiger partial charge in [-0.2, -0.15) is 0 Å². The predicted molar refractivity (Wildman–Crippen MR) is 84.7 cm³/mol. The van der Waals surface area contributed by atoms with E-state index in [0.717, 1.165) is 22.9 Å². The molecule has 0 heterocycles. The van der Waals surface area contributed by atoms with Gasteiger partial charge in [-0.3, -0.25) is 0 Å². The average molecular weight is 343 g/mol. The lowest BCUT2D eigenvalue weighted by molar-refractivity contribution is 0.173. The number of halogens is 1. The third-order valence-corrected chi connectivity index (χ3v) is 3.66. The van der Waals surface area contributed by atoms with Gasteiger partial charge in [0.1, 0.15) is 0 Å². The molecule has 1 rings (SSSR count). The van der Waals surface area contributed by atoms with Crippen LogP contribution in [-0.2, 0) is 0 Å². The summed E-state index contributed by atoms with van der Waals surface area (Å²) in [6, 6.07) is 7.84. The van der Waals surface area contributed by atoms with Crippen molar-refractivity contribution in [1.82, 2.24) is 10.2 Å². The Morgan fingerprint density at radius 1 is 1.30 bits per heavy atom. The number of nitrogens with zero attached hydrogens (tertiary/aromatic N) is 1. The van der Waals surface area contributed by atoms with E-state index in [1.54, 1.807) is 4.90 Å². The molecule has 0 aliphatic rings. The molecule has 20 heavy (non-hydrogen) atoms. The molecule has 0 bridgehead atoms. The topological polar surface area (TPSA) is 52.6 Å². The Labute approximate surface area is 129 Å². The average Bonchev–Trinajstić information content (AvgIpc) is 2.45. The van der Waals surface area contributed by atoms with Crippen molar-refractivity contribution < 1.29 is 9.90 Å². The van der Waals surface area contributed by atoms with Crippen molar-refractivity contribution in [3.63, 3.8) is 0 Å². The summed E-state index contributed by atoms with van der Waals surface area (Å²) in [4.78, 5) is 13.9. The van der Waals surface area contributed by atoms with Gasteiger partial charge in [-0.25, -0.2) is 4.79 Å². The smallest absolute Gasteiger partial charge is 0.317 e. The minimum Gasteiger partial charge on any atom is -0.395 e. The maximum Gasteiger partial charge on any atom is 0.317 e. The molecule has 1 atom stereocenters. The van der Waals surface area contributed by atoms with Crippen molar-refractivity contribution in [2.45, 2.75) is 32.7 Å². The largest absolute Gasteiger partial charge is 0.395 e. The van der Waals surface area contributed by atoms with Crippen LogP contribution in [0.5, 0.6) is 0 Å². The number of benzene rings is 1. The van der Waals surface area contributed by atoms with Gasteiger partial charge in [0, 0.05) is 17.6 Å². The van der Waals surface area contributed by atoms with Gasteiger partial charge >= 0.3 is 6.03 Å². The molecule has 2 amide bonds. The van der Waals surface area contributed by atoms with Gasteiger partial charge in [-0.1, -0.05) is 41.9 Å². The van der Waals surface area contributed by atoms with Crippen LogP contribution in [0.25, 0.3) is 0 Å². The first-order chi connectivity index (χ1) is 9.62. The SMILES string of the molecule is CCCN(CCO)C(=O)NC(CC)c1ccc(Br)cc1. The Hall–Kier alpha value is -1.07. The van der Waals surface area contributed by atoms with Crippen LogP contribution in [0.15, 0.2) is 28.7 Å². The number of rotatable bonds is 7. The highest BCUT2D eigenvalue weighted by molar-refractivity contribution is 9.10. The van der Waals surface area contributed by atoms with E-state index in [1.807, 2.05) is 38.1 Å². The van der Waals surface area contributed by atoms with E-state index in [4.69, 9.17) is 5.11 Å². The molecule has 0 fully saturated rings. The first-order valence-electron chi connectivity index (χ1n) is 7.04. The standard InChI is InChI=1S/C15H23BrN2O2/c1-3-9-18(10-11-19)15(20)17-14(4-2)12-5-7-13(16)8-6-12/h5-8,14,19H,3-4,9-11H2,1-2H3,(H,17,20). The molecule has 0 radical (unpaired) electrons. The molecule has 0 saturated heterocycles. The number of carbonyl (C=O) groups excluding carboxylic acids is 1. The van der Waals surface area contributed by atoms with Crippen LogP contribution in [-0.4, -0.2) is 35.7 Å². The van der Waals surface area contributed by atoms with E-state index < -0.39 is 0 Å². The fourth-order valence-electron chi connectivity index (χ4n) is 2.06. The lowest BCUT2D eigenvalue weighted by atomic mass is 10.1. The Morgan fingerprint density at radius 3 is 2.45 bits per heavy atom. The van der Waals surface area contributed by atoms with Crippen molar-refractivity contribution >= 4 is 22.0 Å². The van der Waals surface area contributed by atoms with Crippen LogP contribution < -0.4 is 5.32 Å². The van der Waals surface area contributed by atoms with Gasteiger partial charge in [0.05, 0.1) is 12.6 Å². The second-order valence-electron chi connectivity index (χ2n) is 4.67. The first-order valence-corrected chi connectivity index (χ1v) is 7.83. The molecule has 0 saturated carbocycles. The maximum atomic E-state index is 12.2. The summed E-state index contributed by atoms with van der Waals surface area (Å²) in [7, 11) is 0. The molecule has 2 N–H and O–H groups in total. The molecule has 1 aromatic carbocycles. The zero-order valence-electron chi connectivity index (χ0n) is 12.1. The number of aliphatic hydroxyl groups excluding tert-OH is 1. The van der Waals surface area contributed by atoms with Gasteiger partial charge < -0.3 is 15.3 Å². The van der Waals surface area contributed by atoms with Crippen LogP contribution in [0, 0.1) is 0 Å². The summed E-state index contributed by atoms with van der Waals surface area (Å²) < 4.78 is 1.02. The zero-order chi connectivity index (χ0) is 15.0. The maximum absolute atomic E-state index is 12.2. The minimum absolute atomic E-state index is 0.00588. The van der Waals surface area contributed by atoms with Crippen LogP contribution in [0.4, 0.5) is 4.79 Å².